The number of carbonyl (C=O) groups excluding carboxylic acids is 9. The van der Waals surface area contributed by atoms with Crippen LogP contribution in [0.4, 0.5) is 0 Å². The molecule has 3 aliphatic rings. The van der Waals surface area contributed by atoms with Crippen molar-refractivity contribution in [1.82, 2.24) is 47.2 Å². The zero-order valence-electron chi connectivity index (χ0n) is 40.5. The molecule has 2 aromatic rings. The minimum atomic E-state index is -1.43. The van der Waals surface area contributed by atoms with Gasteiger partial charge in [0.25, 0.3) is 5.91 Å². The van der Waals surface area contributed by atoms with Gasteiger partial charge in [0.05, 0.1) is 0 Å². The third-order valence-electron chi connectivity index (χ3n) is 12.0. The molecule has 1 aromatic carbocycles. The van der Waals surface area contributed by atoms with E-state index in [0.717, 1.165) is 29.7 Å². The maximum absolute atomic E-state index is 14.9. The maximum atomic E-state index is 14.9. The normalized spacial score (nSPS) is 23.6. The quantitative estimate of drug-likeness (QED) is 0.0665. The second-order valence-electron chi connectivity index (χ2n) is 18.3. The molecule has 0 unspecified atom stereocenters. The largest absolute Gasteiger partial charge is 0.370 e. The summed E-state index contributed by atoms with van der Waals surface area (Å²) in [5, 5.41) is 20.0. The Morgan fingerprint density at radius 3 is 2.24 bits per heavy atom. The number of guanidine groups is 1. The van der Waals surface area contributed by atoms with E-state index in [-0.39, 0.29) is 81.0 Å². The van der Waals surface area contributed by atoms with Crippen LogP contribution in [-0.4, -0.2) is 142 Å². The van der Waals surface area contributed by atoms with E-state index in [1.165, 1.54) is 34.9 Å². The van der Waals surface area contributed by atoms with E-state index < -0.39 is 95.5 Å². The number of hydrazine groups is 1. The van der Waals surface area contributed by atoms with E-state index in [2.05, 4.69) is 42.3 Å². The van der Waals surface area contributed by atoms with Crippen molar-refractivity contribution in [3.63, 3.8) is 0 Å². The van der Waals surface area contributed by atoms with E-state index in [1.807, 2.05) is 5.38 Å². The molecule has 11 N–H and O–H groups in total. The van der Waals surface area contributed by atoms with Gasteiger partial charge in [0, 0.05) is 61.0 Å². The van der Waals surface area contributed by atoms with Crippen LogP contribution in [-0.2, 0) is 56.0 Å². The van der Waals surface area contributed by atoms with Crippen LogP contribution in [0, 0.1) is 5.92 Å². The Morgan fingerprint density at radius 1 is 0.887 bits per heavy atom. The number of likely N-dealkylation sites (tertiary alicyclic amines) is 1. The number of thiophene rings is 1. The van der Waals surface area contributed by atoms with Gasteiger partial charge in [-0.2, -0.15) is 11.8 Å². The fourth-order valence-corrected chi connectivity index (χ4v) is 10.0. The lowest BCUT2D eigenvalue weighted by Crippen LogP contribution is -2.64. The van der Waals surface area contributed by atoms with Gasteiger partial charge in [-0.1, -0.05) is 43.6 Å². The Balaban J connectivity index is 1.44. The predicted octanol–water partition coefficient (Wildman–Crippen LogP) is 0.385. The lowest BCUT2D eigenvalue weighted by Gasteiger charge is -2.36. The van der Waals surface area contributed by atoms with Crippen molar-refractivity contribution in [3.05, 3.63) is 57.2 Å². The minimum absolute atomic E-state index is 0.00885. The molecule has 1 aliphatic carbocycles. The van der Waals surface area contributed by atoms with Gasteiger partial charge < -0.3 is 48.3 Å². The first-order chi connectivity index (χ1) is 33.8. The number of nitrogens with zero attached hydrogens (tertiary/aromatic N) is 3. The molecule has 0 radical (unpaired) electrons. The summed E-state index contributed by atoms with van der Waals surface area (Å²) in [5.74, 6) is -6.25. The van der Waals surface area contributed by atoms with Crippen molar-refractivity contribution < 1.29 is 43.2 Å². The predicted molar refractivity (Wildman–Crippen MR) is 270 cm³/mol. The van der Waals surface area contributed by atoms with E-state index in [0.29, 0.717) is 23.4 Å². The number of carbonyl (C=O) groups is 9. The second-order valence-corrected chi connectivity index (χ2v) is 20.9. The molecule has 5 rings (SSSR count). The van der Waals surface area contributed by atoms with Gasteiger partial charge in [-0.15, -0.1) is 11.3 Å². The number of hydrogen-bond acceptors (Lipinski definition) is 12. The molecule has 21 nitrogen and oxygen atoms in total. The van der Waals surface area contributed by atoms with Crippen LogP contribution in [0.2, 0.25) is 5.02 Å². The zero-order valence-corrected chi connectivity index (χ0v) is 42.9. The molecular formula is C47H67ClN12O9S2. The van der Waals surface area contributed by atoms with Crippen LogP contribution in [0.25, 0.3) is 0 Å². The lowest BCUT2D eigenvalue weighted by molar-refractivity contribution is -0.154. The summed E-state index contributed by atoms with van der Waals surface area (Å²) in [7, 11) is 0. The first-order valence-electron chi connectivity index (χ1n) is 23.9. The Labute approximate surface area is 426 Å². The highest BCUT2D eigenvalue weighted by Crippen LogP contribution is 2.24. The number of halogens is 1. The SMILES string of the molecule is CC(=O)NN1C(=O)[C@H](C)NC(=O)[C@@H](C(C)C)NC(=O)[C@H](Cc2cccs2)NC(=O)[C@H](Cc2ccc(Cl)cc2)NC(=O)CCCSC[C@H]1C(=O)N1CCC[C@H]1C(=O)N[C@H](CCCN=C(N)N)C(=O)NC1CC1. The molecule has 3 heterocycles. The minimum Gasteiger partial charge on any atom is -0.370 e. The van der Waals surface area contributed by atoms with Crippen molar-refractivity contribution in [2.75, 3.05) is 24.6 Å². The Morgan fingerprint density at radius 2 is 1.59 bits per heavy atom. The highest BCUT2D eigenvalue weighted by Gasteiger charge is 2.43. The van der Waals surface area contributed by atoms with Gasteiger partial charge in [0.2, 0.25) is 47.3 Å². The third-order valence-corrected chi connectivity index (χ3v) is 14.3. The summed E-state index contributed by atoms with van der Waals surface area (Å²) in [4.78, 5) is 132. The lowest BCUT2D eigenvalue weighted by atomic mass is 10.0. The van der Waals surface area contributed by atoms with Crippen LogP contribution in [0.15, 0.2) is 46.8 Å². The van der Waals surface area contributed by atoms with Crippen LogP contribution in [0.1, 0.15) is 89.5 Å². The topological polar surface area (TPSA) is 309 Å². The highest BCUT2D eigenvalue weighted by molar-refractivity contribution is 7.99. The van der Waals surface area contributed by atoms with Crippen molar-refractivity contribution >= 4 is 93.8 Å². The Hall–Kier alpha value is -5.94. The molecule has 2 aliphatic heterocycles. The molecule has 1 aromatic heterocycles. The van der Waals surface area contributed by atoms with E-state index >= 15 is 0 Å². The van der Waals surface area contributed by atoms with Crippen LogP contribution in [0.5, 0.6) is 0 Å². The van der Waals surface area contributed by atoms with Crippen LogP contribution in [0.3, 0.4) is 0 Å². The van der Waals surface area contributed by atoms with Gasteiger partial charge >= 0.3 is 0 Å². The van der Waals surface area contributed by atoms with Gasteiger partial charge in [-0.25, -0.2) is 5.01 Å². The molecule has 0 spiro atoms. The number of nitrogens with two attached hydrogens (primary N) is 2. The first-order valence-corrected chi connectivity index (χ1v) is 26.3. The average Bonchev–Trinajstić information content (AvgIpc) is 3.72. The summed E-state index contributed by atoms with van der Waals surface area (Å²) >= 11 is 8.72. The van der Waals surface area contributed by atoms with E-state index in [9.17, 15) is 43.2 Å². The summed E-state index contributed by atoms with van der Waals surface area (Å²) in [6, 6.07) is 2.04. The number of nitrogens with one attached hydrogen (secondary N) is 7. The first kappa shape index (κ1) is 56.0. The summed E-state index contributed by atoms with van der Waals surface area (Å²) in [6.45, 7) is 6.24. The van der Waals surface area contributed by atoms with Gasteiger partial charge in [0.15, 0.2) is 5.96 Å². The molecule has 0 bridgehead atoms. The number of rotatable bonds is 15. The standard InChI is InChI=1S/C47H67ClN12O9S2/c1-26(2)39-44(67)52-27(3)45(68)60(58-28(4)61)37(46(69)59-20-6-11-36(59)43(66)55-33(10-5-19-51-47(49)50)40(63)53-31-17-18-31)25-70-21-8-12-38(62)54-34(23-29-13-15-30(48)16-14-29)41(64)56-35(42(65)57-39)24-32-9-7-22-71-32/h7,9,13-16,22,26-27,31,33-37,39H,5-6,8,10-12,17-21,23-25H2,1-4H3,(H,52,67)(H,53,63)(H,54,62)(H,55,66)(H,56,64)(H,57,65)(H,58,61)(H4,49,50,51)/t27-,33+,34-,35-,36-,37-,39+/m0/s1. The monoisotopic (exact) mass is 1040 g/mol. The summed E-state index contributed by atoms with van der Waals surface area (Å²) in [5.41, 5.74) is 14.1. The number of hydrogen-bond donors (Lipinski definition) is 9. The van der Waals surface area contributed by atoms with Crippen molar-refractivity contribution in [3.8, 4) is 0 Å². The number of thioether (sulfide) groups is 1. The van der Waals surface area contributed by atoms with Crippen molar-refractivity contribution in [1.29, 1.82) is 0 Å². The molecule has 24 heteroatoms. The van der Waals surface area contributed by atoms with Gasteiger partial charge in [-0.3, -0.25) is 53.6 Å². The Bertz CT molecular complexity index is 2240. The van der Waals surface area contributed by atoms with Crippen LogP contribution < -0.4 is 48.8 Å². The van der Waals surface area contributed by atoms with E-state index in [4.69, 9.17) is 23.1 Å². The zero-order chi connectivity index (χ0) is 51.8. The van der Waals surface area contributed by atoms with Crippen LogP contribution >= 0.6 is 34.7 Å². The number of benzene rings is 1. The number of amides is 9. The summed E-state index contributed by atoms with van der Waals surface area (Å²) < 4.78 is 0. The fraction of sp³-hybridized carbons (Fsp3) is 0.574. The molecule has 388 valence electrons. The highest BCUT2D eigenvalue weighted by atomic mass is 35.5. The molecule has 71 heavy (non-hydrogen) atoms. The van der Waals surface area contributed by atoms with Crippen molar-refractivity contribution in [2.24, 2.45) is 22.4 Å². The van der Waals surface area contributed by atoms with Gasteiger partial charge in [-0.05, 0) is 92.7 Å². The van der Waals surface area contributed by atoms with Gasteiger partial charge in [0.1, 0.15) is 42.3 Å². The molecule has 7 atom stereocenters. The molecule has 9 amide bonds. The Kier molecular flexibility index (Phi) is 21.3. The molecule has 2 saturated heterocycles. The maximum Gasteiger partial charge on any atom is 0.264 e. The van der Waals surface area contributed by atoms with E-state index in [1.54, 1.807) is 50.2 Å². The summed E-state index contributed by atoms with van der Waals surface area (Å²) in [6.07, 6.45) is 3.21. The molecule has 1 saturated carbocycles. The smallest absolute Gasteiger partial charge is 0.264 e. The third kappa shape index (κ3) is 17.4. The number of aliphatic imine (C=N–C) groups is 1. The van der Waals surface area contributed by atoms with Crippen molar-refractivity contribution in [2.45, 2.75) is 140 Å². The fourth-order valence-electron chi connectivity index (χ4n) is 8.11. The average molecular weight is 1040 g/mol. The second kappa shape index (κ2) is 27.0. The molecule has 3 fully saturated rings. The molecular weight excluding hydrogens is 976 g/mol.